The predicted molar refractivity (Wildman–Crippen MR) is 75.9 cm³/mol. The summed E-state index contributed by atoms with van der Waals surface area (Å²) >= 11 is 1.65. The lowest BCUT2D eigenvalue weighted by molar-refractivity contribution is 0.617. The summed E-state index contributed by atoms with van der Waals surface area (Å²) in [6.45, 7) is 0. The standard InChI is InChI=1S/C16H9OS/c1-2-7-15-12(5-1)14(10-18-15)13-6-3-4-11-8-9-17-16(11)13/h1-9H. The van der Waals surface area contributed by atoms with Crippen molar-refractivity contribution in [2.24, 2.45) is 0 Å². The number of rotatable bonds is 1. The van der Waals surface area contributed by atoms with E-state index in [0.29, 0.717) is 0 Å². The number of fused-ring (bicyclic) bond motifs is 2. The SMILES string of the molecule is [c]1sc2ccccc2c1-c1cccc2ccoc12. The molecule has 2 aromatic heterocycles. The molecule has 1 nitrogen and oxygen atoms in total. The van der Waals surface area contributed by atoms with Gasteiger partial charge in [-0.1, -0.05) is 36.4 Å². The first kappa shape index (κ1) is 9.92. The van der Waals surface area contributed by atoms with Gasteiger partial charge in [0.2, 0.25) is 0 Å². The molecule has 0 amide bonds. The molecule has 0 spiro atoms. The van der Waals surface area contributed by atoms with Crippen molar-refractivity contribution in [1.29, 1.82) is 0 Å². The van der Waals surface area contributed by atoms with Crippen LogP contribution in [-0.2, 0) is 0 Å². The van der Waals surface area contributed by atoms with E-state index >= 15 is 0 Å². The van der Waals surface area contributed by atoms with E-state index < -0.39 is 0 Å². The van der Waals surface area contributed by atoms with Crippen LogP contribution >= 0.6 is 11.3 Å². The molecule has 85 valence electrons. The molecule has 4 aromatic rings. The Hall–Kier alpha value is -2.06. The van der Waals surface area contributed by atoms with Crippen LogP contribution < -0.4 is 0 Å². The molecule has 18 heavy (non-hydrogen) atoms. The number of hydrogen-bond donors (Lipinski definition) is 0. The normalized spacial score (nSPS) is 11.3. The molecule has 0 N–H and O–H groups in total. The van der Waals surface area contributed by atoms with E-state index in [-0.39, 0.29) is 0 Å². The van der Waals surface area contributed by atoms with Crippen LogP contribution in [0.5, 0.6) is 0 Å². The molecule has 2 heteroatoms. The Kier molecular flexibility index (Phi) is 2.05. The second-order valence-electron chi connectivity index (χ2n) is 4.22. The summed E-state index contributed by atoms with van der Waals surface area (Å²) in [6, 6.07) is 16.6. The van der Waals surface area contributed by atoms with Gasteiger partial charge in [0.25, 0.3) is 0 Å². The summed E-state index contributed by atoms with van der Waals surface area (Å²) in [4.78, 5) is 0. The molecule has 0 aliphatic carbocycles. The highest BCUT2D eigenvalue weighted by Gasteiger charge is 2.11. The van der Waals surface area contributed by atoms with Crippen LogP contribution in [0, 0.1) is 5.38 Å². The van der Waals surface area contributed by atoms with Crippen LogP contribution in [0.15, 0.2) is 59.2 Å². The summed E-state index contributed by atoms with van der Waals surface area (Å²) in [5.41, 5.74) is 3.20. The fraction of sp³-hybridized carbons (Fsp3) is 0. The fourth-order valence-electron chi connectivity index (χ4n) is 2.31. The Balaban J connectivity index is 2.10. The summed E-state index contributed by atoms with van der Waals surface area (Å²) in [7, 11) is 0. The quantitative estimate of drug-likeness (QED) is 0.456. The molecule has 0 atom stereocenters. The number of hydrogen-bond acceptors (Lipinski definition) is 2. The van der Waals surface area contributed by atoms with Crippen LogP contribution in [0.25, 0.3) is 32.2 Å². The second-order valence-corrected chi connectivity index (χ2v) is 5.07. The minimum Gasteiger partial charge on any atom is -0.464 e. The number of furan rings is 1. The van der Waals surface area contributed by atoms with Crippen molar-refractivity contribution >= 4 is 32.4 Å². The highest BCUT2D eigenvalue weighted by atomic mass is 32.1. The zero-order valence-electron chi connectivity index (χ0n) is 9.51. The third kappa shape index (κ3) is 1.33. The Labute approximate surface area is 108 Å². The zero-order valence-corrected chi connectivity index (χ0v) is 10.3. The Morgan fingerprint density at radius 1 is 0.944 bits per heavy atom. The van der Waals surface area contributed by atoms with Crippen molar-refractivity contribution in [3.8, 4) is 11.1 Å². The van der Waals surface area contributed by atoms with Gasteiger partial charge in [0.05, 0.1) is 11.6 Å². The second kappa shape index (κ2) is 3.72. The lowest BCUT2D eigenvalue weighted by atomic mass is 10.0. The maximum Gasteiger partial charge on any atom is 0.141 e. The van der Waals surface area contributed by atoms with Crippen molar-refractivity contribution in [2.75, 3.05) is 0 Å². The molecule has 0 unspecified atom stereocenters. The van der Waals surface area contributed by atoms with Crippen molar-refractivity contribution in [3.63, 3.8) is 0 Å². The minimum absolute atomic E-state index is 0.942. The molecule has 0 aliphatic rings. The van der Waals surface area contributed by atoms with Crippen molar-refractivity contribution in [1.82, 2.24) is 0 Å². The van der Waals surface area contributed by atoms with Crippen LogP contribution in [-0.4, -0.2) is 0 Å². The van der Waals surface area contributed by atoms with E-state index in [1.807, 2.05) is 6.07 Å². The predicted octanol–water partition coefficient (Wildman–Crippen LogP) is 5.11. The molecule has 0 bridgehead atoms. The first-order valence-corrected chi connectivity index (χ1v) is 6.61. The molecule has 0 fully saturated rings. The van der Waals surface area contributed by atoms with Crippen LogP contribution in [0.2, 0.25) is 0 Å². The third-order valence-electron chi connectivity index (χ3n) is 3.17. The molecule has 2 heterocycles. The van der Waals surface area contributed by atoms with Crippen molar-refractivity contribution < 1.29 is 4.42 Å². The molecule has 4 rings (SSSR count). The smallest absolute Gasteiger partial charge is 0.141 e. The number of thiophene rings is 1. The molecule has 1 radical (unpaired) electrons. The van der Waals surface area contributed by atoms with Gasteiger partial charge in [-0.15, -0.1) is 11.3 Å². The van der Waals surface area contributed by atoms with Gasteiger partial charge < -0.3 is 4.42 Å². The summed E-state index contributed by atoms with van der Waals surface area (Å²) in [6.07, 6.45) is 1.74. The van der Waals surface area contributed by atoms with E-state index in [2.05, 4.69) is 47.8 Å². The van der Waals surface area contributed by atoms with Crippen molar-refractivity contribution in [3.05, 3.63) is 60.2 Å². The molecule has 0 aliphatic heterocycles. The van der Waals surface area contributed by atoms with E-state index in [1.165, 1.54) is 10.1 Å². The summed E-state index contributed by atoms with van der Waals surface area (Å²) < 4.78 is 6.87. The third-order valence-corrected chi connectivity index (χ3v) is 4.05. The Morgan fingerprint density at radius 3 is 2.89 bits per heavy atom. The number of para-hydroxylation sites is 1. The van der Waals surface area contributed by atoms with Crippen LogP contribution in [0.1, 0.15) is 0 Å². The first-order valence-electron chi connectivity index (χ1n) is 5.79. The van der Waals surface area contributed by atoms with E-state index in [4.69, 9.17) is 4.42 Å². The van der Waals surface area contributed by atoms with Crippen LogP contribution in [0.4, 0.5) is 0 Å². The molecular formula is C16H9OS. The lowest BCUT2D eigenvalue weighted by Crippen LogP contribution is -1.76. The number of benzene rings is 2. The van der Waals surface area contributed by atoms with Gasteiger partial charge in [-0.25, -0.2) is 0 Å². The topological polar surface area (TPSA) is 13.1 Å². The largest absolute Gasteiger partial charge is 0.464 e. The highest BCUT2D eigenvalue weighted by molar-refractivity contribution is 7.17. The van der Waals surface area contributed by atoms with Gasteiger partial charge in [-0.2, -0.15) is 0 Å². The van der Waals surface area contributed by atoms with Gasteiger partial charge in [0.1, 0.15) is 5.58 Å². The lowest BCUT2D eigenvalue weighted by Gasteiger charge is -2.00. The molecule has 0 saturated carbocycles. The van der Waals surface area contributed by atoms with Gasteiger partial charge in [0, 0.05) is 26.6 Å². The average Bonchev–Trinajstić information content (AvgIpc) is 3.05. The van der Waals surface area contributed by atoms with Crippen LogP contribution in [0.3, 0.4) is 0 Å². The molecule has 0 saturated heterocycles. The monoisotopic (exact) mass is 249 g/mol. The Bertz CT molecular complexity index is 838. The van der Waals surface area contributed by atoms with Gasteiger partial charge in [-0.3, -0.25) is 0 Å². The van der Waals surface area contributed by atoms with E-state index in [9.17, 15) is 0 Å². The highest BCUT2D eigenvalue weighted by Crippen LogP contribution is 2.37. The maximum atomic E-state index is 5.61. The fourth-order valence-corrected chi connectivity index (χ4v) is 3.17. The van der Waals surface area contributed by atoms with E-state index in [1.54, 1.807) is 17.6 Å². The maximum absolute atomic E-state index is 5.61. The van der Waals surface area contributed by atoms with Gasteiger partial charge in [0.15, 0.2) is 0 Å². The van der Waals surface area contributed by atoms with Gasteiger partial charge in [-0.05, 0) is 12.1 Å². The van der Waals surface area contributed by atoms with E-state index in [0.717, 1.165) is 22.1 Å². The molecule has 2 aromatic carbocycles. The summed E-state index contributed by atoms with van der Waals surface area (Å²) in [5.74, 6) is 0. The van der Waals surface area contributed by atoms with Crippen molar-refractivity contribution in [2.45, 2.75) is 0 Å². The molecular weight excluding hydrogens is 240 g/mol. The summed E-state index contributed by atoms with van der Waals surface area (Å²) in [5, 5.41) is 5.77. The zero-order chi connectivity index (χ0) is 11.9. The van der Waals surface area contributed by atoms with Gasteiger partial charge >= 0.3 is 0 Å². The average molecular weight is 249 g/mol. The Morgan fingerprint density at radius 2 is 1.89 bits per heavy atom. The first-order chi connectivity index (χ1) is 8.93. The minimum atomic E-state index is 0.942.